The first-order valence-electron chi connectivity index (χ1n) is 10.2. The third kappa shape index (κ3) is 4.59. The van der Waals surface area contributed by atoms with E-state index in [0.717, 1.165) is 42.7 Å². The first-order chi connectivity index (χ1) is 14.6. The molecule has 0 aliphatic heterocycles. The van der Waals surface area contributed by atoms with Crippen LogP contribution in [0.25, 0.3) is 0 Å². The van der Waals surface area contributed by atoms with Gasteiger partial charge in [0.2, 0.25) is 0 Å². The van der Waals surface area contributed by atoms with Crippen LogP contribution in [0.4, 0.5) is 18.9 Å². The van der Waals surface area contributed by atoms with Crippen molar-refractivity contribution in [3.63, 3.8) is 0 Å². The zero-order valence-electron chi connectivity index (χ0n) is 16.9. The molecule has 2 N–H and O–H groups in total. The summed E-state index contributed by atoms with van der Waals surface area (Å²) in [4.78, 5) is 13.4. The van der Waals surface area contributed by atoms with E-state index in [2.05, 4.69) is 5.32 Å². The molecule has 1 amide bonds. The summed E-state index contributed by atoms with van der Waals surface area (Å²) < 4.78 is 39.3. The summed E-state index contributed by atoms with van der Waals surface area (Å²) in [6, 6.07) is 7.99. The Morgan fingerprint density at radius 2 is 1.87 bits per heavy atom. The fraction of sp³-hybridized carbons (Fsp3) is 0.435. The number of thioether (sulfide) groups is 1. The van der Waals surface area contributed by atoms with Crippen molar-refractivity contribution in [2.45, 2.75) is 54.8 Å². The van der Waals surface area contributed by atoms with Gasteiger partial charge in [-0.15, -0.1) is 11.8 Å². The lowest BCUT2D eigenvalue weighted by atomic mass is 9.76. The van der Waals surface area contributed by atoms with Crippen LogP contribution in [0.3, 0.4) is 0 Å². The fourth-order valence-electron chi connectivity index (χ4n) is 4.77. The summed E-state index contributed by atoms with van der Waals surface area (Å²) >= 11 is 7.98. The molecule has 0 aromatic heterocycles. The van der Waals surface area contributed by atoms with E-state index >= 15 is 0 Å². The second kappa shape index (κ2) is 8.68. The van der Waals surface area contributed by atoms with Crippen molar-refractivity contribution in [1.82, 2.24) is 0 Å². The molecule has 0 saturated heterocycles. The molecular formula is C23H23ClF3NO2S. The van der Waals surface area contributed by atoms with E-state index in [-0.39, 0.29) is 17.5 Å². The van der Waals surface area contributed by atoms with Crippen LogP contribution in [0.1, 0.15) is 55.0 Å². The maximum Gasteiger partial charge on any atom is 0.266 e. The van der Waals surface area contributed by atoms with Crippen molar-refractivity contribution in [3.8, 4) is 0 Å². The lowest BCUT2D eigenvalue weighted by Gasteiger charge is -2.40. The summed E-state index contributed by atoms with van der Waals surface area (Å²) in [6.45, 7) is 1.93. The van der Waals surface area contributed by atoms with Crippen molar-refractivity contribution >= 4 is 35.0 Å². The van der Waals surface area contributed by atoms with E-state index in [1.165, 1.54) is 6.07 Å². The topological polar surface area (TPSA) is 49.3 Å². The van der Waals surface area contributed by atoms with Gasteiger partial charge in [-0.2, -0.15) is 0 Å². The summed E-state index contributed by atoms with van der Waals surface area (Å²) in [5, 5.41) is 14.1. The van der Waals surface area contributed by atoms with Crippen molar-refractivity contribution in [3.05, 3.63) is 58.4 Å². The molecule has 2 aliphatic carbocycles. The Labute approximate surface area is 188 Å². The number of aliphatic hydroxyl groups is 1. The highest BCUT2D eigenvalue weighted by Gasteiger charge is 2.50. The molecular weight excluding hydrogens is 447 g/mol. The van der Waals surface area contributed by atoms with Gasteiger partial charge in [0.25, 0.3) is 12.3 Å². The molecule has 3 unspecified atom stereocenters. The van der Waals surface area contributed by atoms with Crippen LogP contribution in [0.2, 0.25) is 5.02 Å². The van der Waals surface area contributed by atoms with Crippen LogP contribution in [0.15, 0.2) is 41.3 Å². The van der Waals surface area contributed by atoms with E-state index in [9.17, 15) is 23.1 Å². The van der Waals surface area contributed by atoms with Crippen molar-refractivity contribution in [2.75, 3.05) is 5.32 Å². The minimum Gasteiger partial charge on any atom is -0.390 e. The quantitative estimate of drug-likeness (QED) is 0.512. The Balaban J connectivity index is 1.48. The van der Waals surface area contributed by atoms with Gasteiger partial charge in [-0.25, -0.2) is 13.2 Å². The second-order valence-electron chi connectivity index (χ2n) is 8.54. The number of hydrogen-bond donors (Lipinski definition) is 2. The molecule has 0 spiro atoms. The minimum absolute atomic E-state index is 0.0944. The molecule has 0 radical (unpaired) electrons. The van der Waals surface area contributed by atoms with Gasteiger partial charge >= 0.3 is 0 Å². The van der Waals surface area contributed by atoms with Crippen LogP contribution < -0.4 is 5.32 Å². The van der Waals surface area contributed by atoms with Gasteiger partial charge in [-0.1, -0.05) is 11.6 Å². The smallest absolute Gasteiger partial charge is 0.266 e. The Morgan fingerprint density at radius 1 is 1.19 bits per heavy atom. The van der Waals surface area contributed by atoms with E-state index in [4.69, 9.17) is 11.6 Å². The summed E-state index contributed by atoms with van der Waals surface area (Å²) in [5.41, 5.74) is -0.931. The van der Waals surface area contributed by atoms with Gasteiger partial charge in [-0.05, 0) is 80.8 Å². The molecule has 8 heteroatoms. The highest BCUT2D eigenvalue weighted by molar-refractivity contribution is 8.00. The Morgan fingerprint density at radius 3 is 2.52 bits per heavy atom. The SMILES string of the molecule is CC1(O)C2CC[C@H]1CC(Sc1cc(C(=O)Nc3ccc(F)c(C(F)F)c3)ccc1Cl)C2. The standard InChI is InChI=1S/C23H23ClF3NO2S/c1-23(30)13-3-4-14(23)10-16(9-13)31-20-8-12(2-6-18(20)24)22(29)28-15-5-7-19(25)17(11-15)21(26)27/h2,5-8,11,13-14,16,21,30H,3-4,9-10H2,1H3,(H,28,29)/t13-,14?,16?,23?/m0/s1. The maximum atomic E-state index is 13.5. The summed E-state index contributed by atoms with van der Waals surface area (Å²) in [5.74, 6) is -0.955. The number of benzene rings is 2. The number of anilines is 1. The molecule has 2 fully saturated rings. The van der Waals surface area contributed by atoms with Crippen molar-refractivity contribution < 1.29 is 23.1 Å². The Bertz CT molecular complexity index is 985. The van der Waals surface area contributed by atoms with Crippen LogP contribution in [0.5, 0.6) is 0 Å². The molecule has 2 aromatic rings. The summed E-state index contributed by atoms with van der Waals surface area (Å²) in [6.07, 6.45) is 0.883. The molecule has 4 rings (SSSR count). The molecule has 2 aliphatic rings. The number of alkyl halides is 2. The third-order valence-corrected chi connectivity index (χ3v) is 8.34. The van der Waals surface area contributed by atoms with Gasteiger partial charge in [0.05, 0.1) is 16.2 Å². The van der Waals surface area contributed by atoms with Crippen LogP contribution in [-0.2, 0) is 0 Å². The average Bonchev–Trinajstić information content (AvgIpc) is 2.87. The number of hydrogen-bond acceptors (Lipinski definition) is 3. The number of rotatable bonds is 5. The Kier molecular flexibility index (Phi) is 6.30. The number of carbonyl (C=O) groups is 1. The second-order valence-corrected chi connectivity index (χ2v) is 10.3. The number of carbonyl (C=O) groups excluding carboxylic acids is 1. The fourth-order valence-corrected chi connectivity index (χ4v) is 6.41. The van der Waals surface area contributed by atoms with E-state index < -0.39 is 29.3 Å². The van der Waals surface area contributed by atoms with E-state index in [0.29, 0.717) is 15.8 Å². The molecule has 166 valence electrons. The molecule has 31 heavy (non-hydrogen) atoms. The van der Waals surface area contributed by atoms with Crippen LogP contribution in [-0.4, -0.2) is 21.9 Å². The predicted molar refractivity (Wildman–Crippen MR) is 116 cm³/mol. The molecule has 0 heterocycles. The molecule has 3 nitrogen and oxygen atoms in total. The normalized spacial score (nSPS) is 27.5. The van der Waals surface area contributed by atoms with E-state index in [1.807, 2.05) is 6.92 Å². The minimum atomic E-state index is -2.97. The number of fused-ring (bicyclic) bond motifs is 2. The predicted octanol–water partition coefficient (Wildman–Crippen LogP) is 6.70. The van der Waals surface area contributed by atoms with Crippen molar-refractivity contribution in [2.24, 2.45) is 11.8 Å². The van der Waals surface area contributed by atoms with Crippen LogP contribution >= 0.6 is 23.4 Å². The Hall–Kier alpha value is -1.70. The lowest BCUT2D eigenvalue weighted by molar-refractivity contribution is -0.0407. The molecule has 2 aromatic carbocycles. The monoisotopic (exact) mass is 469 g/mol. The zero-order chi connectivity index (χ0) is 22.3. The lowest BCUT2D eigenvalue weighted by Crippen LogP contribution is -2.42. The number of nitrogens with one attached hydrogen (secondary N) is 1. The van der Waals surface area contributed by atoms with Gasteiger partial charge in [-0.3, -0.25) is 4.79 Å². The first kappa shape index (κ1) is 22.5. The number of amides is 1. The molecule has 4 atom stereocenters. The van der Waals surface area contributed by atoms with Gasteiger partial charge in [0, 0.05) is 21.4 Å². The third-order valence-electron chi connectivity index (χ3n) is 6.59. The summed E-state index contributed by atoms with van der Waals surface area (Å²) in [7, 11) is 0. The highest BCUT2D eigenvalue weighted by atomic mass is 35.5. The first-order valence-corrected chi connectivity index (χ1v) is 11.5. The van der Waals surface area contributed by atoms with Gasteiger partial charge < -0.3 is 10.4 Å². The largest absolute Gasteiger partial charge is 0.390 e. The maximum absolute atomic E-state index is 13.5. The van der Waals surface area contributed by atoms with E-state index in [1.54, 1.807) is 30.0 Å². The molecule has 2 saturated carbocycles. The van der Waals surface area contributed by atoms with Crippen LogP contribution in [0, 0.1) is 17.7 Å². The highest BCUT2D eigenvalue weighted by Crippen LogP contribution is 2.53. The molecule has 2 bridgehead atoms. The van der Waals surface area contributed by atoms with Gasteiger partial charge in [0.15, 0.2) is 0 Å². The van der Waals surface area contributed by atoms with Gasteiger partial charge in [0.1, 0.15) is 5.82 Å². The van der Waals surface area contributed by atoms with Crippen molar-refractivity contribution in [1.29, 1.82) is 0 Å². The average molecular weight is 470 g/mol. The number of halogens is 4. The zero-order valence-corrected chi connectivity index (χ0v) is 18.4.